The highest BCUT2D eigenvalue weighted by molar-refractivity contribution is 5.96. The second-order valence-corrected chi connectivity index (χ2v) is 7.03. The minimum Gasteiger partial charge on any atom is -0.494 e. The highest BCUT2D eigenvalue weighted by atomic mass is 16.5. The number of anilines is 2. The molecule has 3 rings (SSSR count). The van der Waals surface area contributed by atoms with Crippen molar-refractivity contribution >= 4 is 34.2 Å². The molecule has 2 amide bonds. The summed E-state index contributed by atoms with van der Waals surface area (Å²) in [7, 11) is 1.49. The Morgan fingerprint density at radius 1 is 1.03 bits per heavy atom. The Morgan fingerprint density at radius 2 is 1.83 bits per heavy atom. The number of benzene rings is 2. The van der Waals surface area contributed by atoms with Crippen LogP contribution in [-0.2, 0) is 16.0 Å². The van der Waals surface area contributed by atoms with Gasteiger partial charge in [-0.25, -0.2) is 4.79 Å². The second kappa shape index (κ2) is 9.26. The van der Waals surface area contributed by atoms with E-state index in [4.69, 9.17) is 9.15 Å². The Morgan fingerprint density at radius 3 is 2.57 bits per heavy atom. The van der Waals surface area contributed by atoms with Crippen molar-refractivity contribution in [3.63, 3.8) is 0 Å². The molecule has 156 valence electrons. The number of hydrogen-bond donors (Lipinski definition) is 2. The van der Waals surface area contributed by atoms with Crippen LogP contribution in [0, 0.1) is 6.92 Å². The first-order chi connectivity index (χ1) is 14.4. The Labute approximate surface area is 174 Å². The van der Waals surface area contributed by atoms with Crippen LogP contribution in [0.25, 0.3) is 11.0 Å². The van der Waals surface area contributed by atoms with Gasteiger partial charge in [0.15, 0.2) is 0 Å². The molecule has 0 unspecified atom stereocenters. The molecule has 7 nitrogen and oxygen atoms in total. The molecule has 0 aliphatic carbocycles. The van der Waals surface area contributed by atoms with Gasteiger partial charge < -0.3 is 19.8 Å². The van der Waals surface area contributed by atoms with Gasteiger partial charge in [0.05, 0.1) is 19.2 Å². The average Bonchev–Trinajstić information content (AvgIpc) is 2.68. The zero-order chi connectivity index (χ0) is 21.7. The normalized spacial score (nSPS) is 10.6. The highest BCUT2D eigenvalue weighted by Gasteiger charge is 2.13. The molecule has 0 aliphatic rings. The van der Waals surface area contributed by atoms with E-state index in [1.165, 1.54) is 13.2 Å². The third-order valence-electron chi connectivity index (χ3n) is 4.57. The van der Waals surface area contributed by atoms with Crippen LogP contribution < -0.4 is 21.0 Å². The average molecular weight is 408 g/mol. The predicted molar refractivity (Wildman–Crippen MR) is 116 cm³/mol. The molecule has 0 saturated heterocycles. The highest BCUT2D eigenvalue weighted by Crippen LogP contribution is 2.28. The van der Waals surface area contributed by atoms with Crippen molar-refractivity contribution in [3.05, 3.63) is 64.0 Å². The van der Waals surface area contributed by atoms with Crippen molar-refractivity contribution in [2.45, 2.75) is 33.1 Å². The maximum atomic E-state index is 12.6. The van der Waals surface area contributed by atoms with Crippen molar-refractivity contribution in [3.8, 4) is 5.75 Å². The van der Waals surface area contributed by atoms with Crippen molar-refractivity contribution < 1.29 is 18.7 Å². The van der Waals surface area contributed by atoms with Gasteiger partial charge in [0.1, 0.15) is 11.3 Å². The van der Waals surface area contributed by atoms with Crippen LogP contribution >= 0.6 is 0 Å². The molecule has 2 N–H and O–H groups in total. The number of nitrogens with one attached hydrogen (secondary N) is 2. The third-order valence-corrected chi connectivity index (χ3v) is 4.57. The molecule has 0 radical (unpaired) electrons. The van der Waals surface area contributed by atoms with Gasteiger partial charge in [0.2, 0.25) is 11.8 Å². The molecule has 30 heavy (non-hydrogen) atoms. The fraction of sp³-hybridized carbons (Fsp3) is 0.261. The minimum absolute atomic E-state index is 0.0163. The molecule has 2 aromatic carbocycles. The summed E-state index contributed by atoms with van der Waals surface area (Å²) < 4.78 is 10.6. The lowest BCUT2D eigenvalue weighted by Crippen LogP contribution is -2.16. The first-order valence-corrected chi connectivity index (χ1v) is 9.70. The van der Waals surface area contributed by atoms with Gasteiger partial charge in [-0.15, -0.1) is 0 Å². The lowest BCUT2D eigenvalue weighted by atomic mass is 10.1. The van der Waals surface area contributed by atoms with Crippen LogP contribution in [0.4, 0.5) is 11.4 Å². The molecule has 3 aromatic rings. The summed E-state index contributed by atoms with van der Waals surface area (Å²) in [5.41, 5.74) is 2.58. The van der Waals surface area contributed by atoms with Crippen molar-refractivity contribution in [1.82, 2.24) is 0 Å². The lowest BCUT2D eigenvalue weighted by molar-refractivity contribution is -0.116. The van der Waals surface area contributed by atoms with E-state index in [-0.39, 0.29) is 18.2 Å². The fourth-order valence-electron chi connectivity index (χ4n) is 3.17. The van der Waals surface area contributed by atoms with E-state index in [1.54, 1.807) is 24.3 Å². The van der Waals surface area contributed by atoms with Gasteiger partial charge >= 0.3 is 5.63 Å². The molecule has 0 fully saturated rings. The van der Waals surface area contributed by atoms with Crippen molar-refractivity contribution in [2.24, 2.45) is 0 Å². The minimum atomic E-state index is -0.496. The van der Waals surface area contributed by atoms with Gasteiger partial charge in [-0.3, -0.25) is 9.59 Å². The molecular formula is C23H24N2O5. The Kier molecular flexibility index (Phi) is 6.51. The number of hydrogen-bond acceptors (Lipinski definition) is 5. The van der Waals surface area contributed by atoms with E-state index in [9.17, 15) is 14.4 Å². The number of methoxy groups -OCH3 is 1. The number of aryl methyl sites for hydroxylation is 1. The molecule has 0 atom stereocenters. The summed E-state index contributed by atoms with van der Waals surface area (Å²) >= 11 is 0. The van der Waals surface area contributed by atoms with Crippen LogP contribution in [0.15, 0.2) is 51.7 Å². The Hall–Kier alpha value is -3.61. The number of amides is 2. The quantitative estimate of drug-likeness (QED) is 0.575. The molecule has 1 aromatic heterocycles. The van der Waals surface area contributed by atoms with E-state index < -0.39 is 5.63 Å². The lowest BCUT2D eigenvalue weighted by Gasteiger charge is -2.13. The number of carbonyl (C=O) groups excluding carboxylic acids is 2. The van der Waals surface area contributed by atoms with Gasteiger partial charge in [0.25, 0.3) is 0 Å². The van der Waals surface area contributed by atoms with Crippen LogP contribution in [0.3, 0.4) is 0 Å². The van der Waals surface area contributed by atoms with Crippen LogP contribution in [0.5, 0.6) is 5.75 Å². The zero-order valence-electron chi connectivity index (χ0n) is 17.2. The largest absolute Gasteiger partial charge is 0.494 e. The maximum Gasteiger partial charge on any atom is 0.336 e. The molecular weight excluding hydrogens is 384 g/mol. The summed E-state index contributed by atoms with van der Waals surface area (Å²) in [6, 6.07) is 11.9. The van der Waals surface area contributed by atoms with Crippen LogP contribution in [0.1, 0.15) is 30.9 Å². The standard InChI is InChI=1S/C23H24N2O5/c1-4-5-21(26)25-18-9-7-16(13-20(18)29-3)24-22(27)11-15-12-23(28)30-19-10-14(2)6-8-17(15)19/h6-10,12-13H,4-5,11H2,1-3H3,(H,24,27)(H,25,26). The first kappa shape index (κ1) is 21.1. The van der Waals surface area contributed by atoms with E-state index in [2.05, 4.69) is 10.6 Å². The zero-order valence-corrected chi connectivity index (χ0v) is 17.2. The Bertz CT molecular complexity index is 1150. The van der Waals surface area contributed by atoms with E-state index in [0.717, 1.165) is 17.4 Å². The number of fused-ring (bicyclic) bond motifs is 1. The maximum absolute atomic E-state index is 12.6. The summed E-state index contributed by atoms with van der Waals surface area (Å²) in [5, 5.41) is 6.32. The molecule has 0 spiro atoms. The van der Waals surface area contributed by atoms with Crippen molar-refractivity contribution in [1.29, 1.82) is 0 Å². The van der Waals surface area contributed by atoms with Crippen LogP contribution in [0.2, 0.25) is 0 Å². The molecule has 7 heteroatoms. The van der Waals surface area contributed by atoms with Crippen molar-refractivity contribution in [2.75, 3.05) is 17.7 Å². The smallest absolute Gasteiger partial charge is 0.336 e. The molecule has 0 aliphatic heterocycles. The molecule has 0 bridgehead atoms. The Balaban J connectivity index is 1.77. The first-order valence-electron chi connectivity index (χ1n) is 9.70. The van der Waals surface area contributed by atoms with Gasteiger partial charge in [-0.05, 0) is 42.7 Å². The summed E-state index contributed by atoms with van der Waals surface area (Å²) in [4.78, 5) is 36.3. The van der Waals surface area contributed by atoms with E-state index in [0.29, 0.717) is 34.7 Å². The summed E-state index contributed by atoms with van der Waals surface area (Å²) in [6.45, 7) is 3.83. The van der Waals surface area contributed by atoms with E-state index in [1.807, 2.05) is 26.0 Å². The third kappa shape index (κ3) is 5.05. The number of carbonyl (C=O) groups is 2. The van der Waals surface area contributed by atoms with Gasteiger partial charge in [0, 0.05) is 29.6 Å². The van der Waals surface area contributed by atoms with E-state index >= 15 is 0 Å². The number of ether oxygens (including phenoxy) is 1. The second-order valence-electron chi connectivity index (χ2n) is 7.03. The van der Waals surface area contributed by atoms with Gasteiger partial charge in [-0.2, -0.15) is 0 Å². The molecule has 0 saturated carbocycles. The monoisotopic (exact) mass is 408 g/mol. The summed E-state index contributed by atoms with van der Waals surface area (Å²) in [6.07, 6.45) is 1.18. The van der Waals surface area contributed by atoms with Crippen LogP contribution in [-0.4, -0.2) is 18.9 Å². The predicted octanol–water partition coefficient (Wildman–Crippen LogP) is 4.03. The SMILES string of the molecule is CCCC(=O)Nc1ccc(NC(=O)Cc2cc(=O)oc3cc(C)ccc23)cc1OC. The summed E-state index contributed by atoms with van der Waals surface area (Å²) in [5.74, 6) is 0.0587. The number of rotatable bonds is 7. The topological polar surface area (TPSA) is 97.6 Å². The van der Waals surface area contributed by atoms with Gasteiger partial charge in [-0.1, -0.05) is 19.1 Å². The fourth-order valence-corrected chi connectivity index (χ4v) is 3.17. The molecule has 1 heterocycles.